The fourth-order valence-corrected chi connectivity index (χ4v) is 14.2. The van der Waals surface area contributed by atoms with Crippen LogP contribution in [0.25, 0.3) is 22.7 Å². The molecule has 52 heteroatoms. The molecule has 12 rings (SSSR count). The summed E-state index contributed by atoms with van der Waals surface area (Å²) in [7, 11) is -26.1. The summed E-state index contributed by atoms with van der Waals surface area (Å²) < 4.78 is 188. The van der Waals surface area contributed by atoms with Crippen LogP contribution in [0.4, 0.5) is 56.9 Å². The number of nitrogens with one attached hydrogen (secondary N) is 4. The topological polar surface area (TPSA) is 613 Å². The number of sulfonamides is 2. The van der Waals surface area contributed by atoms with Crippen LogP contribution in [-0.2, 0) is 77.3 Å². The molecule has 0 fully saturated rings. The monoisotopic (exact) mass is 1790 g/mol. The van der Waals surface area contributed by atoms with E-state index in [0.29, 0.717) is 5.69 Å². The van der Waals surface area contributed by atoms with Gasteiger partial charge < -0.3 is 15.3 Å². The van der Waals surface area contributed by atoms with Gasteiger partial charge >= 0.3 is 158 Å². The first-order valence-electron chi connectivity index (χ1n) is 30.8. The first kappa shape index (κ1) is 99.2. The fourth-order valence-electron chi connectivity index (χ4n) is 9.97. The predicted octanol–water partition coefficient (Wildman–Crippen LogP) is -7.13. The number of rotatable bonds is 22. The van der Waals surface area contributed by atoms with Gasteiger partial charge in [-0.15, -0.1) is 25.6 Å². The minimum Gasteiger partial charge on any atom is -0.871 e. The van der Waals surface area contributed by atoms with Gasteiger partial charge in [-0.25, -0.2) is 31.9 Å². The quantitative estimate of drug-likeness (QED) is 0.0100. The van der Waals surface area contributed by atoms with Crippen molar-refractivity contribution in [1.82, 2.24) is 39.1 Å². The van der Waals surface area contributed by atoms with Crippen molar-refractivity contribution >= 4 is 117 Å². The van der Waals surface area contributed by atoms with Gasteiger partial charge in [0.2, 0.25) is 0 Å². The first-order chi connectivity index (χ1) is 51.6. The number of anilines is 1. The van der Waals surface area contributed by atoms with Crippen LogP contribution in [0, 0.1) is 27.7 Å². The van der Waals surface area contributed by atoms with Crippen molar-refractivity contribution in [2.45, 2.75) is 57.1 Å². The molecule has 12 aromatic rings. The molecule has 40 nitrogen and oxygen atoms in total. The Morgan fingerprint density at radius 2 is 0.733 bits per heavy atom. The average molecular weight is 1790 g/mol. The van der Waals surface area contributed by atoms with E-state index in [9.17, 15) is 93.3 Å². The molecule has 116 heavy (non-hydrogen) atoms. The van der Waals surface area contributed by atoms with E-state index in [-0.39, 0.29) is 291 Å². The smallest absolute Gasteiger partial charge is 0.871 e. The molecule has 0 aliphatic carbocycles. The van der Waals surface area contributed by atoms with E-state index in [1.165, 1.54) is 130 Å². The van der Waals surface area contributed by atoms with Crippen LogP contribution < -0.4 is 184 Å². The van der Waals surface area contributed by atoms with Gasteiger partial charge in [-0.3, -0.25) is 52.6 Å². The molecule has 0 saturated carbocycles. The average Bonchev–Trinajstić information content (AvgIpc) is 1.48. The van der Waals surface area contributed by atoms with E-state index in [1.54, 1.807) is 6.92 Å². The zero-order chi connectivity index (χ0) is 79.7. The van der Waals surface area contributed by atoms with Crippen molar-refractivity contribution in [3.63, 3.8) is 0 Å². The third-order valence-electron chi connectivity index (χ3n) is 15.6. The standard InChI is InChI=1S/2C32H27N9O11S3.Co.5Na/c2*1-18-29(31(43)40(37-18)22-7-11-24(12-8-22)54(47,48)49)35-33-20-3-5-21(6-4-20)39-53(45,46)26-15-16-28(42)27(17-26)34-36-30-19(2)38-41(32(30)44)23-9-13-25(14-10-23)55(50,51)52;;;;;;/h3-17,38-39,42-43H,1-2H3,(H,47,48,49)(H,50,51,52);3-17,37-39,42H,1-2H3,(H,47,48,49)(H,50,51,52);;;;;;/q;;;5*+1. The van der Waals surface area contributed by atoms with Gasteiger partial charge in [0.25, 0.3) is 72.9 Å². The van der Waals surface area contributed by atoms with Crippen molar-refractivity contribution < 1.29 is 253 Å². The molecule has 0 aliphatic heterocycles. The summed E-state index contributed by atoms with van der Waals surface area (Å²) in [6.07, 6.45) is 0. The molecule has 0 bridgehead atoms. The van der Waals surface area contributed by atoms with Crippen LogP contribution in [-0.4, -0.2) is 113 Å². The Morgan fingerprint density at radius 3 is 1.12 bits per heavy atom. The van der Waals surface area contributed by atoms with E-state index >= 15 is 0 Å². The largest absolute Gasteiger partial charge is 1.00 e. The maximum atomic E-state index is 13.3. The molecule has 1 radical (unpaired) electrons. The summed E-state index contributed by atoms with van der Waals surface area (Å²) in [6, 6.07) is 37.2. The Morgan fingerprint density at radius 1 is 0.405 bits per heavy atom. The first-order valence-corrected chi connectivity index (χ1v) is 39.6. The number of aryl methyl sites for hydroxylation is 4. The van der Waals surface area contributed by atoms with Crippen LogP contribution in [0.1, 0.15) is 22.8 Å². The molecular formula is C64H54CoN18Na5O22S6+5. The van der Waals surface area contributed by atoms with Gasteiger partial charge in [0.05, 0.1) is 87.1 Å². The fraction of sp³-hybridized carbons (Fsp3) is 0.0625. The molecule has 0 spiro atoms. The van der Waals surface area contributed by atoms with Gasteiger partial charge in [0.15, 0.2) is 22.7 Å². The van der Waals surface area contributed by atoms with Gasteiger partial charge in [-0.2, -0.15) is 62.5 Å². The summed E-state index contributed by atoms with van der Waals surface area (Å²) in [4.78, 5) is 37.1. The van der Waals surface area contributed by atoms with Crippen molar-refractivity contribution in [1.29, 1.82) is 0 Å². The number of azo groups is 4. The van der Waals surface area contributed by atoms with Gasteiger partial charge in [0, 0.05) is 46.5 Å². The number of quaternary nitrogens is 1. The maximum absolute atomic E-state index is 13.3. The van der Waals surface area contributed by atoms with E-state index in [4.69, 9.17) is 5.11 Å². The van der Waals surface area contributed by atoms with Crippen LogP contribution in [0.5, 0.6) is 17.4 Å². The predicted molar refractivity (Wildman–Crippen MR) is 385 cm³/mol. The number of hydrogen-bond donors (Lipinski definition) is 9. The molecular weight excluding hydrogens is 1740 g/mol. The minimum atomic E-state index is -4.46. The number of benzene rings is 8. The molecule has 0 unspecified atom stereocenters. The Kier molecular flexibility index (Phi) is 34.3. The van der Waals surface area contributed by atoms with E-state index < -0.39 is 94.5 Å². The number of hydrogen-bond acceptors (Lipinski definition) is 26. The minimum absolute atomic E-state index is 0. The normalized spacial score (nSPS) is 11.9. The van der Waals surface area contributed by atoms with E-state index in [2.05, 4.69) is 66.0 Å². The van der Waals surface area contributed by atoms with Crippen molar-refractivity contribution in [2.75, 3.05) is 4.72 Å². The molecule has 4 aromatic heterocycles. The molecule has 8 aromatic carbocycles. The molecule has 0 aliphatic rings. The summed E-state index contributed by atoms with van der Waals surface area (Å²) in [5.74, 6) is -1.52. The van der Waals surface area contributed by atoms with Crippen LogP contribution >= 0.6 is 0 Å². The Hall–Kier alpha value is -7.39. The SMILES string of the molecule is Cc1[nH]n(-c2ccc(S(=O)(=O)O)cc2)c(=O)c1N=Nc1ccc([NH2+]S(=O)(=O)c2ccc([OH2+])c(N=Nc3c(C)[nH]n(-c4ccc(S(=O)(=O)O)cc4)c3=O)c2)cc1.Cc1nn(-c2ccc(S(=O)(=O)O)cc2)c([O-])c1N=Nc1ccc(NS(=O)(=O)c2ccc([O-])c(N=Nc3c(C)[nH]n(-c4ccc(S(=O)(=O)O)cc4)c3=O)c2)cc1.[Co].[Na+].[Na+].[Na+].[Na+].[Na+]. The second-order valence-corrected chi connectivity index (χ2v) is 32.4. The van der Waals surface area contributed by atoms with Crippen molar-refractivity contribution in [3.8, 4) is 40.1 Å². The molecule has 0 atom stereocenters. The van der Waals surface area contributed by atoms with Crippen molar-refractivity contribution in [2.24, 2.45) is 40.9 Å². The zero-order valence-corrected chi connectivity index (χ0v) is 77.7. The molecule has 577 valence electrons. The maximum Gasteiger partial charge on any atom is 1.00 e. The number of aromatic amines is 3. The van der Waals surface area contributed by atoms with E-state index in [1.807, 2.05) is 0 Å². The summed E-state index contributed by atoms with van der Waals surface area (Å²) >= 11 is 0. The van der Waals surface area contributed by atoms with Crippen molar-refractivity contribution in [3.05, 3.63) is 236 Å². The van der Waals surface area contributed by atoms with Gasteiger partial charge in [0.1, 0.15) is 16.3 Å². The molecule has 0 saturated heterocycles. The number of nitrogens with zero attached hydrogens (tertiary/aromatic N) is 13. The van der Waals surface area contributed by atoms with E-state index in [0.717, 1.165) is 96.2 Å². The third kappa shape index (κ3) is 23.6. The Labute approximate surface area is 778 Å². The second-order valence-electron chi connectivity index (χ2n) is 23.2. The number of H-pyrrole nitrogens is 3. The number of primary sulfonamides is 1. The van der Waals surface area contributed by atoms with Gasteiger partial charge in [-0.1, -0.05) is 11.8 Å². The summed E-state index contributed by atoms with van der Waals surface area (Å²) in [5, 5.41) is 77.9. The number of nitrogens with two attached hydrogens (primary N) is 1. The van der Waals surface area contributed by atoms with Gasteiger partial charge in [-0.05, 0) is 185 Å². The molecule has 4 heterocycles. The Balaban J connectivity index is 0.000000393. The zero-order valence-electron chi connectivity index (χ0n) is 61.7. The molecule has 0 amide bonds. The Bertz CT molecular complexity index is 6720. The van der Waals surface area contributed by atoms with Crippen LogP contribution in [0.3, 0.4) is 0 Å². The number of aromatic nitrogens is 8. The second kappa shape index (κ2) is 40.1. The summed E-state index contributed by atoms with van der Waals surface area (Å²) in [5.41, 5.74) is -0.150. The van der Waals surface area contributed by atoms with Crippen LogP contribution in [0.2, 0.25) is 0 Å². The summed E-state index contributed by atoms with van der Waals surface area (Å²) in [6.45, 7) is 6.11. The third-order valence-corrected chi connectivity index (χ3v) is 21.9. The van der Waals surface area contributed by atoms with Crippen LogP contribution in [0.15, 0.2) is 267 Å². The molecule has 12 N–H and O–H groups in total.